The first-order valence-corrected chi connectivity index (χ1v) is 9.44. The number of rotatable bonds is 4. The highest BCUT2D eigenvalue weighted by atomic mass is 16.5. The Morgan fingerprint density at radius 3 is 2.93 bits per heavy atom. The van der Waals surface area contributed by atoms with Crippen LogP contribution in [0.1, 0.15) is 46.7 Å². The molecule has 0 fully saturated rings. The minimum absolute atomic E-state index is 0.135. The standard InChI is InChI=1S/C21H24N4O2/c1-14-12-16(21(26)22-13-15-8-5-6-9-17(15)27-2)19-20(23-14)25-11-7-3-4-10-18(25)24-19/h5-6,8-9,12H,3-4,7,10-11,13H2,1-2H3,(H,22,26). The van der Waals surface area contributed by atoms with E-state index in [4.69, 9.17) is 9.72 Å². The molecule has 1 amide bonds. The molecule has 1 aliphatic rings. The van der Waals surface area contributed by atoms with Gasteiger partial charge in [0.25, 0.3) is 5.91 Å². The second kappa shape index (κ2) is 7.39. The molecule has 0 spiro atoms. The average Bonchev–Trinajstić information content (AvgIpc) is 2.87. The van der Waals surface area contributed by atoms with Gasteiger partial charge in [0.05, 0.1) is 12.7 Å². The quantitative estimate of drug-likeness (QED) is 0.770. The zero-order chi connectivity index (χ0) is 18.8. The molecule has 0 aliphatic carbocycles. The summed E-state index contributed by atoms with van der Waals surface area (Å²) in [6, 6.07) is 9.52. The molecule has 6 nitrogen and oxygen atoms in total. The molecule has 0 unspecified atom stereocenters. The molecule has 0 saturated heterocycles. The van der Waals surface area contributed by atoms with E-state index in [9.17, 15) is 4.79 Å². The van der Waals surface area contributed by atoms with Gasteiger partial charge in [-0.15, -0.1) is 0 Å². The predicted octanol–water partition coefficient (Wildman–Crippen LogP) is 3.40. The van der Waals surface area contributed by atoms with Crippen molar-refractivity contribution in [3.8, 4) is 5.75 Å². The Labute approximate surface area is 158 Å². The molecule has 27 heavy (non-hydrogen) atoms. The predicted molar refractivity (Wildman–Crippen MR) is 104 cm³/mol. The third-order valence-corrected chi connectivity index (χ3v) is 5.07. The Morgan fingerprint density at radius 1 is 1.22 bits per heavy atom. The van der Waals surface area contributed by atoms with E-state index >= 15 is 0 Å². The first-order valence-electron chi connectivity index (χ1n) is 9.44. The third-order valence-electron chi connectivity index (χ3n) is 5.07. The van der Waals surface area contributed by atoms with E-state index in [2.05, 4.69) is 14.9 Å². The van der Waals surface area contributed by atoms with Crippen molar-refractivity contribution in [2.75, 3.05) is 7.11 Å². The van der Waals surface area contributed by atoms with Crippen molar-refractivity contribution in [2.45, 2.75) is 45.7 Å². The van der Waals surface area contributed by atoms with Gasteiger partial charge in [-0.3, -0.25) is 4.79 Å². The molecule has 0 radical (unpaired) electrons. The molecule has 1 aliphatic heterocycles. The molecule has 1 N–H and O–H groups in total. The summed E-state index contributed by atoms with van der Waals surface area (Å²) >= 11 is 0. The molecule has 0 atom stereocenters. The minimum atomic E-state index is -0.135. The number of methoxy groups -OCH3 is 1. The van der Waals surface area contributed by atoms with Gasteiger partial charge in [0.2, 0.25) is 0 Å². The van der Waals surface area contributed by atoms with E-state index in [1.54, 1.807) is 7.11 Å². The number of amides is 1. The van der Waals surface area contributed by atoms with Crippen molar-refractivity contribution in [3.05, 3.63) is 53.0 Å². The van der Waals surface area contributed by atoms with E-state index in [0.717, 1.165) is 54.3 Å². The van der Waals surface area contributed by atoms with Crippen LogP contribution in [0.15, 0.2) is 30.3 Å². The maximum atomic E-state index is 12.9. The van der Waals surface area contributed by atoms with Crippen LogP contribution in [0.5, 0.6) is 5.75 Å². The van der Waals surface area contributed by atoms with E-state index in [1.807, 2.05) is 37.3 Å². The van der Waals surface area contributed by atoms with Gasteiger partial charge < -0.3 is 14.6 Å². The van der Waals surface area contributed by atoms with Gasteiger partial charge in [-0.05, 0) is 31.9 Å². The van der Waals surface area contributed by atoms with Crippen LogP contribution in [0.3, 0.4) is 0 Å². The molecular formula is C21H24N4O2. The number of aryl methyl sites for hydroxylation is 3. The van der Waals surface area contributed by atoms with Crippen molar-refractivity contribution in [3.63, 3.8) is 0 Å². The van der Waals surface area contributed by atoms with Gasteiger partial charge in [0.1, 0.15) is 17.1 Å². The van der Waals surface area contributed by atoms with Gasteiger partial charge in [-0.25, -0.2) is 9.97 Å². The second-order valence-electron chi connectivity index (χ2n) is 6.97. The second-order valence-corrected chi connectivity index (χ2v) is 6.97. The zero-order valence-electron chi connectivity index (χ0n) is 15.8. The fraction of sp³-hybridized carbons (Fsp3) is 0.381. The highest BCUT2D eigenvalue weighted by Crippen LogP contribution is 2.24. The maximum Gasteiger partial charge on any atom is 0.253 e. The van der Waals surface area contributed by atoms with Gasteiger partial charge in [-0.1, -0.05) is 24.6 Å². The lowest BCUT2D eigenvalue weighted by Crippen LogP contribution is -2.23. The molecule has 0 saturated carbocycles. The number of fused-ring (bicyclic) bond motifs is 3. The Balaban J connectivity index is 1.65. The Bertz CT molecular complexity index is 993. The number of aromatic nitrogens is 3. The van der Waals surface area contributed by atoms with Crippen LogP contribution in [0.2, 0.25) is 0 Å². The Morgan fingerprint density at radius 2 is 2.07 bits per heavy atom. The zero-order valence-corrected chi connectivity index (χ0v) is 15.8. The van der Waals surface area contributed by atoms with Crippen LogP contribution in [0, 0.1) is 6.92 Å². The van der Waals surface area contributed by atoms with Crippen molar-refractivity contribution >= 4 is 17.1 Å². The largest absolute Gasteiger partial charge is 0.496 e. The normalized spacial score (nSPS) is 13.9. The number of benzene rings is 1. The molecule has 6 heteroatoms. The molecule has 1 aromatic carbocycles. The van der Waals surface area contributed by atoms with Crippen molar-refractivity contribution in [2.24, 2.45) is 0 Å². The van der Waals surface area contributed by atoms with E-state index in [0.29, 0.717) is 17.6 Å². The number of nitrogens with one attached hydrogen (secondary N) is 1. The van der Waals surface area contributed by atoms with Gasteiger partial charge in [0, 0.05) is 30.8 Å². The van der Waals surface area contributed by atoms with Crippen molar-refractivity contribution < 1.29 is 9.53 Å². The van der Waals surface area contributed by atoms with Crippen LogP contribution >= 0.6 is 0 Å². The van der Waals surface area contributed by atoms with Crippen LogP contribution in [-0.4, -0.2) is 27.6 Å². The van der Waals surface area contributed by atoms with Crippen LogP contribution in [0.4, 0.5) is 0 Å². The molecule has 3 heterocycles. The molecule has 0 bridgehead atoms. The summed E-state index contributed by atoms with van der Waals surface area (Å²) in [5.74, 6) is 1.67. The number of ether oxygens (including phenoxy) is 1. The number of para-hydroxylation sites is 1. The number of carbonyl (C=O) groups is 1. The van der Waals surface area contributed by atoms with Gasteiger partial charge >= 0.3 is 0 Å². The average molecular weight is 364 g/mol. The molecule has 2 aromatic heterocycles. The van der Waals surface area contributed by atoms with E-state index in [-0.39, 0.29) is 5.91 Å². The third kappa shape index (κ3) is 3.39. The fourth-order valence-corrected chi connectivity index (χ4v) is 3.71. The lowest BCUT2D eigenvalue weighted by molar-refractivity contribution is 0.0952. The number of carbonyl (C=O) groups excluding carboxylic acids is 1. The number of pyridine rings is 1. The summed E-state index contributed by atoms with van der Waals surface area (Å²) in [6.45, 7) is 3.25. The van der Waals surface area contributed by atoms with Crippen LogP contribution in [-0.2, 0) is 19.5 Å². The molecular weight excluding hydrogens is 340 g/mol. The molecule has 3 aromatic rings. The number of nitrogens with zero attached hydrogens (tertiary/aromatic N) is 3. The number of imidazole rings is 1. The highest BCUT2D eigenvalue weighted by molar-refractivity contribution is 6.04. The summed E-state index contributed by atoms with van der Waals surface area (Å²) in [7, 11) is 1.63. The first-order chi connectivity index (χ1) is 13.2. The Hall–Kier alpha value is -2.89. The lowest BCUT2D eigenvalue weighted by Gasteiger charge is -2.10. The summed E-state index contributed by atoms with van der Waals surface area (Å²) in [5, 5.41) is 3.01. The fourth-order valence-electron chi connectivity index (χ4n) is 3.71. The maximum absolute atomic E-state index is 12.9. The SMILES string of the molecule is COc1ccccc1CNC(=O)c1cc(C)nc2c1nc1n2CCCCC1. The summed E-state index contributed by atoms with van der Waals surface area (Å²) in [5.41, 5.74) is 3.89. The monoisotopic (exact) mass is 364 g/mol. The van der Waals surface area contributed by atoms with E-state index < -0.39 is 0 Å². The van der Waals surface area contributed by atoms with Crippen LogP contribution < -0.4 is 10.1 Å². The number of hydrogen-bond acceptors (Lipinski definition) is 4. The van der Waals surface area contributed by atoms with Gasteiger partial charge in [-0.2, -0.15) is 0 Å². The number of hydrogen-bond donors (Lipinski definition) is 1. The molecule has 4 rings (SSSR count). The first kappa shape index (κ1) is 17.5. The van der Waals surface area contributed by atoms with Gasteiger partial charge in [0.15, 0.2) is 5.65 Å². The summed E-state index contributed by atoms with van der Waals surface area (Å²) < 4.78 is 7.55. The van der Waals surface area contributed by atoms with E-state index in [1.165, 1.54) is 6.42 Å². The Kier molecular flexibility index (Phi) is 4.79. The molecule has 140 valence electrons. The minimum Gasteiger partial charge on any atom is -0.496 e. The van der Waals surface area contributed by atoms with Crippen molar-refractivity contribution in [1.29, 1.82) is 0 Å². The summed E-state index contributed by atoms with van der Waals surface area (Å²) in [6.07, 6.45) is 4.42. The van der Waals surface area contributed by atoms with Crippen LogP contribution in [0.25, 0.3) is 11.2 Å². The highest BCUT2D eigenvalue weighted by Gasteiger charge is 2.20. The smallest absolute Gasteiger partial charge is 0.253 e. The topological polar surface area (TPSA) is 69.0 Å². The summed E-state index contributed by atoms with van der Waals surface area (Å²) in [4.78, 5) is 22.4. The lowest BCUT2D eigenvalue weighted by atomic mass is 10.1. The van der Waals surface area contributed by atoms with Crippen molar-refractivity contribution in [1.82, 2.24) is 19.9 Å².